The maximum absolute atomic E-state index is 11.2. The van der Waals surface area contributed by atoms with E-state index >= 15 is 0 Å². The molecule has 138 valence electrons. The quantitative estimate of drug-likeness (QED) is 0.330. The molecule has 0 amide bonds. The predicted molar refractivity (Wildman–Crippen MR) is 103 cm³/mol. The molecule has 9 heteroatoms. The zero-order valence-electron chi connectivity index (χ0n) is 14.4. The van der Waals surface area contributed by atoms with Crippen LogP contribution in [0, 0.1) is 0 Å². The van der Waals surface area contributed by atoms with Crippen molar-refractivity contribution in [1.29, 1.82) is 0 Å². The maximum Gasteiger partial charge on any atom is 0.191 e. The molecule has 1 aliphatic heterocycles. The van der Waals surface area contributed by atoms with E-state index in [0.29, 0.717) is 32.1 Å². The summed E-state index contributed by atoms with van der Waals surface area (Å²) in [6.07, 6.45) is 3.48. The molecular formula is C14H30IN3O4S. The highest BCUT2D eigenvalue weighted by Gasteiger charge is 2.32. The van der Waals surface area contributed by atoms with Crippen LogP contribution in [0.4, 0.5) is 0 Å². The van der Waals surface area contributed by atoms with E-state index in [2.05, 4.69) is 15.6 Å². The molecule has 2 N–H and O–H groups in total. The van der Waals surface area contributed by atoms with Crippen molar-refractivity contribution >= 4 is 39.8 Å². The van der Waals surface area contributed by atoms with E-state index < -0.39 is 9.84 Å². The molecule has 0 saturated carbocycles. The molecule has 0 spiro atoms. The van der Waals surface area contributed by atoms with Gasteiger partial charge in [-0.2, -0.15) is 0 Å². The summed E-state index contributed by atoms with van der Waals surface area (Å²) in [4.78, 5) is 4.18. The van der Waals surface area contributed by atoms with Crippen LogP contribution < -0.4 is 10.6 Å². The van der Waals surface area contributed by atoms with Crippen molar-refractivity contribution in [2.24, 2.45) is 4.99 Å². The lowest BCUT2D eigenvalue weighted by atomic mass is 9.94. The third-order valence-electron chi connectivity index (χ3n) is 3.94. The highest BCUT2D eigenvalue weighted by molar-refractivity contribution is 14.0. The fraction of sp³-hybridized carbons (Fsp3) is 0.929. The number of nitrogens with one attached hydrogen (secondary N) is 2. The lowest BCUT2D eigenvalue weighted by molar-refractivity contribution is -0.0855. The van der Waals surface area contributed by atoms with Gasteiger partial charge in [0.1, 0.15) is 9.84 Å². The van der Waals surface area contributed by atoms with E-state index in [1.54, 1.807) is 14.2 Å². The van der Waals surface area contributed by atoms with Crippen molar-refractivity contribution in [2.75, 3.05) is 45.9 Å². The average molecular weight is 463 g/mol. The van der Waals surface area contributed by atoms with Crippen LogP contribution in [0.3, 0.4) is 0 Å². The Hall–Kier alpha value is -0.130. The Morgan fingerprint density at radius 1 is 1.39 bits per heavy atom. The average Bonchev–Trinajstić information content (AvgIpc) is 2.49. The van der Waals surface area contributed by atoms with Crippen molar-refractivity contribution in [3.8, 4) is 0 Å². The monoisotopic (exact) mass is 463 g/mol. The van der Waals surface area contributed by atoms with Gasteiger partial charge in [-0.3, -0.25) is 4.99 Å². The van der Waals surface area contributed by atoms with Crippen molar-refractivity contribution in [3.05, 3.63) is 0 Å². The summed E-state index contributed by atoms with van der Waals surface area (Å²) in [5, 5.41) is 6.48. The molecule has 7 nitrogen and oxygen atoms in total. The van der Waals surface area contributed by atoms with Gasteiger partial charge in [0.2, 0.25) is 0 Å². The van der Waals surface area contributed by atoms with Crippen LogP contribution in [-0.4, -0.2) is 71.9 Å². The molecule has 1 unspecified atom stereocenters. The minimum Gasteiger partial charge on any atom is -0.381 e. The first kappa shape index (κ1) is 22.9. The number of nitrogens with zero attached hydrogens (tertiary/aromatic N) is 1. The Bertz CT molecular complexity index is 465. The molecule has 1 fully saturated rings. The SMILES string of the molecule is CN=C(NCC1(OC)CCOCC1)NC(C)CCS(C)(=O)=O.I. The number of sulfone groups is 1. The number of aliphatic imine (C=N–C) groups is 1. The van der Waals surface area contributed by atoms with Gasteiger partial charge in [0, 0.05) is 59.1 Å². The van der Waals surface area contributed by atoms with Gasteiger partial charge < -0.3 is 20.1 Å². The molecule has 0 bridgehead atoms. The summed E-state index contributed by atoms with van der Waals surface area (Å²) in [5.74, 6) is 0.821. The summed E-state index contributed by atoms with van der Waals surface area (Å²) < 4.78 is 33.4. The first-order chi connectivity index (χ1) is 10.3. The smallest absolute Gasteiger partial charge is 0.191 e. The molecular weight excluding hydrogens is 433 g/mol. The molecule has 23 heavy (non-hydrogen) atoms. The van der Waals surface area contributed by atoms with Crippen LogP contribution in [0.15, 0.2) is 4.99 Å². The van der Waals surface area contributed by atoms with Crippen molar-refractivity contribution in [2.45, 2.75) is 37.8 Å². The van der Waals surface area contributed by atoms with Gasteiger partial charge in [0.25, 0.3) is 0 Å². The fourth-order valence-corrected chi connectivity index (χ4v) is 3.11. The molecule has 1 atom stereocenters. The van der Waals surface area contributed by atoms with Crippen LogP contribution in [0.2, 0.25) is 0 Å². The van der Waals surface area contributed by atoms with Gasteiger partial charge in [-0.05, 0) is 13.3 Å². The van der Waals surface area contributed by atoms with Gasteiger partial charge in [-0.15, -0.1) is 24.0 Å². The topological polar surface area (TPSA) is 89.0 Å². The summed E-state index contributed by atoms with van der Waals surface area (Å²) in [5.41, 5.74) is -0.230. The first-order valence-corrected chi connectivity index (χ1v) is 9.64. The number of methoxy groups -OCH3 is 1. The van der Waals surface area contributed by atoms with Crippen molar-refractivity contribution < 1.29 is 17.9 Å². The Balaban J connectivity index is 0.00000484. The molecule has 1 aliphatic rings. The van der Waals surface area contributed by atoms with E-state index in [1.165, 1.54) is 6.26 Å². The molecule has 0 radical (unpaired) electrons. The molecule has 0 aromatic carbocycles. The van der Waals surface area contributed by atoms with E-state index in [1.807, 2.05) is 6.92 Å². The van der Waals surface area contributed by atoms with Crippen LogP contribution in [0.25, 0.3) is 0 Å². The molecule has 1 rings (SSSR count). The molecule has 0 aromatic rings. The minimum absolute atomic E-state index is 0. The number of guanidine groups is 1. The van der Waals surface area contributed by atoms with Crippen molar-refractivity contribution in [3.63, 3.8) is 0 Å². The Morgan fingerprint density at radius 3 is 2.48 bits per heavy atom. The number of ether oxygens (including phenoxy) is 2. The number of hydrogen-bond donors (Lipinski definition) is 2. The Kier molecular flexibility index (Phi) is 10.6. The molecule has 0 aliphatic carbocycles. The normalized spacial score (nSPS) is 19.6. The van der Waals surface area contributed by atoms with Crippen molar-refractivity contribution in [1.82, 2.24) is 10.6 Å². The van der Waals surface area contributed by atoms with Gasteiger partial charge in [-0.25, -0.2) is 8.42 Å². The number of rotatable bonds is 7. The lowest BCUT2D eigenvalue weighted by Crippen LogP contribution is -2.52. The van der Waals surface area contributed by atoms with Gasteiger partial charge in [0.05, 0.1) is 11.4 Å². The summed E-state index contributed by atoms with van der Waals surface area (Å²) in [7, 11) is 0.478. The highest BCUT2D eigenvalue weighted by Crippen LogP contribution is 2.23. The van der Waals surface area contributed by atoms with Gasteiger partial charge in [0.15, 0.2) is 5.96 Å². The van der Waals surface area contributed by atoms with Gasteiger partial charge >= 0.3 is 0 Å². The molecule has 1 heterocycles. The van der Waals surface area contributed by atoms with Crippen LogP contribution in [-0.2, 0) is 19.3 Å². The standard InChI is InChI=1S/C14H29N3O4S.HI/c1-12(5-10-22(4,18)19)17-13(15-2)16-11-14(20-3)6-8-21-9-7-14;/h12H,5-11H2,1-4H3,(H2,15,16,17);1H. The zero-order valence-corrected chi connectivity index (χ0v) is 17.6. The Labute approximate surface area is 156 Å². The maximum atomic E-state index is 11.2. The fourth-order valence-electron chi connectivity index (χ4n) is 2.33. The molecule has 0 aromatic heterocycles. The minimum atomic E-state index is -2.94. The summed E-state index contributed by atoms with van der Waals surface area (Å²) in [6.45, 7) is 3.99. The van der Waals surface area contributed by atoms with E-state index in [4.69, 9.17) is 9.47 Å². The number of hydrogen-bond acceptors (Lipinski definition) is 5. The first-order valence-electron chi connectivity index (χ1n) is 7.58. The third kappa shape index (κ3) is 9.06. The predicted octanol–water partition coefficient (Wildman–Crippen LogP) is 0.788. The third-order valence-corrected chi connectivity index (χ3v) is 4.92. The second kappa shape index (κ2) is 10.7. The second-order valence-electron chi connectivity index (χ2n) is 5.89. The van der Waals surface area contributed by atoms with E-state index in [9.17, 15) is 8.42 Å². The van der Waals surface area contributed by atoms with Gasteiger partial charge in [-0.1, -0.05) is 0 Å². The highest BCUT2D eigenvalue weighted by atomic mass is 127. The summed E-state index contributed by atoms with van der Waals surface area (Å²) in [6, 6.07) is 0.0223. The van der Waals surface area contributed by atoms with Crippen LogP contribution >= 0.6 is 24.0 Å². The van der Waals surface area contributed by atoms with Crippen LogP contribution in [0.5, 0.6) is 0 Å². The number of halogens is 1. The Morgan fingerprint density at radius 2 is 2.00 bits per heavy atom. The second-order valence-corrected chi connectivity index (χ2v) is 8.15. The largest absolute Gasteiger partial charge is 0.381 e. The zero-order chi connectivity index (χ0) is 16.6. The molecule has 1 saturated heterocycles. The van der Waals surface area contributed by atoms with E-state index in [0.717, 1.165) is 12.8 Å². The van der Waals surface area contributed by atoms with E-state index in [-0.39, 0.29) is 41.4 Å². The van der Waals surface area contributed by atoms with Crippen LogP contribution in [0.1, 0.15) is 26.2 Å². The lowest BCUT2D eigenvalue weighted by Gasteiger charge is -2.36. The summed E-state index contributed by atoms with van der Waals surface area (Å²) >= 11 is 0.